The molecule has 0 fully saturated rings. The van der Waals surface area contributed by atoms with Gasteiger partial charge < -0.3 is 4.55 Å². The van der Waals surface area contributed by atoms with Crippen molar-refractivity contribution < 1.29 is 50.9 Å². The number of hydrogen-bond acceptors (Lipinski definition) is 5. The number of nitrogens with one attached hydrogen (secondary N) is 1. The van der Waals surface area contributed by atoms with Gasteiger partial charge in [-0.25, -0.2) is 21.6 Å². The van der Waals surface area contributed by atoms with E-state index in [0.29, 0.717) is 24.8 Å². The second kappa shape index (κ2) is 11.8. The average molecular weight is 562 g/mol. The van der Waals surface area contributed by atoms with E-state index in [4.69, 9.17) is 0 Å². The topological polar surface area (TPSA) is 103 Å². The Bertz CT molecular complexity index is 1280. The van der Waals surface area contributed by atoms with Crippen molar-refractivity contribution in [1.29, 1.82) is 0 Å². The molecule has 0 aromatic heterocycles. The van der Waals surface area contributed by atoms with Gasteiger partial charge in [0.05, 0.1) is 9.79 Å². The van der Waals surface area contributed by atoms with Crippen LogP contribution in [0.3, 0.4) is 0 Å². The summed E-state index contributed by atoms with van der Waals surface area (Å²) in [5.41, 5.74) is 2.99. The minimum atomic E-state index is -4.61. The first-order chi connectivity index (χ1) is 15.0. The molecule has 0 bridgehead atoms. The Balaban J connectivity index is 0.00000385. The second-order valence-electron chi connectivity index (χ2n) is 7.95. The summed E-state index contributed by atoms with van der Waals surface area (Å²) in [6, 6.07) is 15.2. The van der Waals surface area contributed by atoms with Crippen molar-refractivity contribution in [2.75, 3.05) is 6.54 Å². The molecule has 0 saturated heterocycles. The Kier molecular flexibility index (Phi) is 10.1. The van der Waals surface area contributed by atoms with E-state index in [1.165, 1.54) is 18.2 Å². The summed E-state index contributed by atoms with van der Waals surface area (Å²) in [6.45, 7) is 4.35. The van der Waals surface area contributed by atoms with Crippen molar-refractivity contribution in [3.8, 4) is 11.1 Å². The fourth-order valence-corrected chi connectivity index (χ4v) is 5.62. The Morgan fingerprint density at radius 1 is 0.909 bits per heavy atom. The zero-order valence-corrected chi connectivity index (χ0v) is 24.1. The molecule has 1 aromatic carbocycles. The maximum atomic E-state index is 12.4. The maximum Gasteiger partial charge on any atom is 1.00 e. The summed E-state index contributed by atoms with van der Waals surface area (Å²) < 4.78 is 63.5. The Labute approximate surface area is 226 Å². The largest absolute Gasteiger partial charge is 1.00 e. The van der Waals surface area contributed by atoms with Crippen LogP contribution >= 0.6 is 15.9 Å². The van der Waals surface area contributed by atoms with Gasteiger partial charge in [0.2, 0.25) is 10.0 Å². The molecule has 0 spiro atoms. The zero-order chi connectivity index (χ0) is 23.5. The van der Waals surface area contributed by atoms with Crippen LogP contribution in [0.1, 0.15) is 43.7 Å². The number of fused-ring (bicyclic) bond motifs is 1. The number of hydrogen-bond donors (Lipinski definition) is 1. The first kappa shape index (κ1) is 28.5. The minimum absolute atomic E-state index is 0. The predicted molar refractivity (Wildman–Crippen MR) is 127 cm³/mol. The molecule has 1 aromatic rings. The quantitative estimate of drug-likeness (QED) is 0.244. The van der Waals surface area contributed by atoms with Gasteiger partial charge in [-0.15, -0.1) is 0 Å². The van der Waals surface area contributed by atoms with Gasteiger partial charge in [-0.1, -0.05) is 54.0 Å². The van der Waals surface area contributed by atoms with Gasteiger partial charge in [-0.2, -0.15) is 0 Å². The van der Waals surface area contributed by atoms with E-state index in [9.17, 15) is 21.4 Å². The van der Waals surface area contributed by atoms with Crippen LogP contribution in [-0.4, -0.2) is 27.9 Å². The van der Waals surface area contributed by atoms with Crippen molar-refractivity contribution >= 4 is 36.1 Å². The van der Waals surface area contributed by atoms with E-state index in [-0.39, 0.29) is 51.8 Å². The van der Waals surface area contributed by atoms with E-state index < -0.39 is 20.1 Å². The SMILES string of the molecule is CC(C)c1ccc2c(CCCCNS(=O)(=O)c3ccc(Br)cc3)cc(S(=O)(=O)[O-])c-2cc1.[Na+]. The molecule has 2 aliphatic rings. The third kappa shape index (κ3) is 7.35. The minimum Gasteiger partial charge on any atom is -0.744 e. The summed E-state index contributed by atoms with van der Waals surface area (Å²) in [5.74, 6) is 0.265. The molecule has 3 rings (SSSR count). The van der Waals surface area contributed by atoms with Crippen LogP contribution in [0.25, 0.3) is 11.1 Å². The Hall–Kier alpha value is -0.780. The van der Waals surface area contributed by atoms with Gasteiger partial charge in [0.25, 0.3) is 0 Å². The van der Waals surface area contributed by atoms with Gasteiger partial charge in [0.15, 0.2) is 0 Å². The van der Waals surface area contributed by atoms with Crippen molar-refractivity contribution in [3.63, 3.8) is 0 Å². The molecule has 0 amide bonds. The van der Waals surface area contributed by atoms with E-state index >= 15 is 0 Å². The van der Waals surface area contributed by atoms with Crippen LogP contribution in [0.4, 0.5) is 0 Å². The second-order valence-corrected chi connectivity index (χ2v) is 12.0. The number of aryl methyl sites for hydroxylation is 1. The molecule has 6 nitrogen and oxygen atoms in total. The van der Waals surface area contributed by atoms with Crippen molar-refractivity contribution in [2.45, 2.75) is 48.8 Å². The predicted octanol–water partition coefficient (Wildman–Crippen LogP) is 1.89. The van der Waals surface area contributed by atoms with E-state index in [1.807, 2.05) is 32.0 Å². The van der Waals surface area contributed by atoms with Crippen LogP contribution < -0.4 is 34.3 Å². The molecule has 0 saturated carbocycles. The van der Waals surface area contributed by atoms with Gasteiger partial charge in [-0.05, 0) is 77.8 Å². The fraction of sp³-hybridized carbons (Fsp3) is 0.304. The van der Waals surface area contributed by atoms with E-state index in [1.54, 1.807) is 18.2 Å². The first-order valence-corrected chi connectivity index (χ1v) is 13.9. The van der Waals surface area contributed by atoms with Crippen LogP contribution in [-0.2, 0) is 26.6 Å². The third-order valence-corrected chi connectivity index (χ3v) is 8.20. The smallest absolute Gasteiger partial charge is 0.744 e. The normalized spacial score (nSPS) is 12.2. The first-order valence-electron chi connectivity index (χ1n) is 10.3. The van der Waals surface area contributed by atoms with Crippen LogP contribution in [0.15, 0.2) is 68.9 Å². The molecule has 0 radical (unpaired) electrons. The van der Waals surface area contributed by atoms with Crippen molar-refractivity contribution in [2.24, 2.45) is 0 Å². The van der Waals surface area contributed by atoms with Crippen LogP contribution in [0.5, 0.6) is 0 Å². The fourth-order valence-electron chi connectivity index (χ4n) is 3.55. The molecule has 0 aliphatic heterocycles. The molecule has 0 atom stereocenters. The van der Waals surface area contributed by atoms with Crippen molar-refractivity contribution in [1.82, 2.24) is 4.72 Å². The summed E-state index contributed by atoms with van der Waals surface area (Å²) in [5, 5.41) is 0. The molecule has 2 aliphatic carbocycles. The number of unbranched alkanes of at least 4 members (excludes halogenated alkanes) is 1. The van der Waals surface area contributed by atoms with Gasteiger partial charge in [0, 0.05) is 11.0 Å². The molecular formula is C23H25BrNNaO5S2. The van der Waals surface area contributed by atoms with E-state index in [0.717, 1.165) is 21.2 Å². The number of benzene rings is 1. The molecule has 1 N–H and O–H groups in total. The van der Waals surface area contributed by atoms with Crippen LogP contribution in [0.2, 0.25) is 0 Å². The standard InChI is InChI=1S/C23H26BrNO5S2.Na/c1-16(2)17-6-12-21-18(15-23(32(28,29)30)22(21)13-7-17)5-3-4-14-25-31(26,27)20-10-8-19(24)9-11-20;/h6-13,15-16,25H,3-5,14H2,1-2H3,(H,28,29,30);/q;+1/p-1. The van der Waals surface area contributed by atoms with Crippen LogP contribution in [0, 0.1) is 0 Å². The van der Waals surface area contributed by atoms with Gasteiger partial charge in [-0.3, -0.25) is 0 Å². The summed E-state index contributed by atoms with van der Waals surface area (Å²) in [6.07, 6.45) is 1.74. The third-order valence-electron chi connectivity index (χ3n) is 5.32. The Morgan fingerprint density at radius 2 is 1.52 bits per heavy atom. The summed E-state index contributed by atoms with van der Waals surface area (Å²) in [7, 11) is -8.19. The molecule has 10 heteroatoms. The zero-order valence-electron chi connectivity index (χ0n) is 18.8. The summed E-state index contributed by atoms with van der Waals surface area (Å²) in [4.78, 5) is -0.00849. The molecule has 33 heavy (non-hydrogen) atoms. The summed E-state index contributed by atoms with van der Waals surface area (Å²) >= 11 is 3.28. The average Bonchev–Trinajstić information content (AvgIpc) is 2.91. The monoisotopic (exact) mass is 561 g/mol. The Morgan fingerprint density at radius 3 is 2.09 bits per heavy atom. The molecule has 0 unspecified atom stereocenters. The van der Waals surface area contributed by atoms with Gasteiger partial charge >= 0.3 is 29.6 Å². The number of sulfonamides is 1. The molecule has 0 heterocycles. The maximum absolute atomic E-state index is 12.4. The molecular weight excluding hydrogens is 537 g/mol. The molecule has 172 valence electrons. The van der Waals surface area contributed by atoms with E-state index in [2.05, 4.69) is 20.7 Å². The van der Waals surface area contributed by atoms with Gasteiger partial charge in [0.1, 0.15) is 10.1 Å². The number of halogens is 1. The number of rotatable bonds is 9. The van der Waals surface area contributed by atoms with Crippen molar-refractivity contribution in [3.05, 3.63) is 70.2 Å².